The number of carbonyl (C=O) groups is 3. The van der Waals surface area contributed by atoms with Crippen molar-refractivity contribution in [2.45, 2.75) is 38.8 Å². The fraction of sp³-hybridized carbons (Fsp3) is 0.346. The predicted molar refractivity (Wildman–Crippen MR) is 129 cm³/mol. The van der Waals surface area contributed by atoms with Gasteiger partial charge in [0.1, 0.15) is 0 Å². The molecule has 0 radical (unpaired) electrons. The largest absolute Gasteiger partial charge is 0.353 e. The average Bonchev–Trinajstić information content (AvgIpc) is 2.82. The lowest BCUT2D eigenvalue weighted by Gasteiger charge is -2.24. The number of nitrogens with one attached hydrogen (secondary N) is 3. The van der Waals surface area contributed by atoms with Gasteiger partial charge in [0.25, 0.3) is 0 Å². The van der Waals surface area contributed by atoms with E-state index in [1.807, 2.05) is 61.5 Å². The van der Waals surface area contributed by atoms with Crippen molar-refractivity contribution in [2.24, 2.45) is 11.8 Å². The molecule has 6 nitrogen and oxygen atoms in total. The summed E-state index contributed by atoms with van der Waals surface area (Å²) in [5.74, 6) is -1.13. The standard InChI is InChI=1S/C26H30ClN3O3/c1-18-7-5-6-10-21(15-24(31)28-16-19-11-13-22(27)14-12-19)26(33)29-17-23(30-25(18)32)20-8-3-2-4-9-20/h2-6,8-9,11-14,18,21,23H,7,10,15-17H2,1H3,(H,28,31)(H,29,33)(H,30,32)/b6-5+/t18-,21+,23+/m1/s1. The average molecular weight is 468 g/mol. The summed E-state index contributed by atoms with van der Waals surface area (Å²) in [6.07, 6.45) is 4.89. The highest BCUT2D eigenvalue weighted by Crippen LogP contribution is 2.17. The summed E-state index contributed by atoms with van der Waals surface area (Å²) in [4.78, 5) is 38.1. The lowest BCUT2D eigenvalue weighted by molar-refractivity contribution is -0.130. The third-order valence-corrected chi connectivity index (χ3v) is 5.98. The maximum Gasteiger partial charge on any atom is 0.224 e. The highest BCUT2D eigenvalue weighted by atomic mass is 35.5. The molecule has 2 aromatic carbocycles. The maximum absolute atomic E-state index is 12.9. The van der Waals surface area contributed by atoms with Gasteiger partial charge in [-0.1, -0.05) is 73.1 Å². The van der Waals surface area contributed by atoms with Crippen molar-refractivity contribution in [2.75, 3.05) is 6.54 Å². The molecule has 0 fully saturated rings. The minimum atomic E-state index is -0.492. The van der Waals surface area contributed by atoms with E-state index in [0.717, 1.165) is 11.1 Å². The molecule has 3 N–H and O–H groups in total. The Morgan fingerprint density at radius 1 is 1.00 bits per heavy atom. The van der Waals surface area contributed by atoms with Crippen LogP contribution in [0.15, 0.2) is 66.7 Å². The van der Waals surface area contributed by atoms with E-state index in [0.29, 0.717) is 24.4 Å². The van der Waals surface area contributed by atoms with Gasteiger partial charge in [-0.15, -0.1) is 0 Å². The summed E-state index contributed by atoms with van der Waals surface area (Å²) in [6, 6.07) is 16.5. The van der Waals surface area contributed by atoms with Crippen molar-refractivity contribution in [3.05, 3.63) is 82.9 Å². The second-order valence-electron chi connectivity index (χ2n) is 8.37. The molecular weight excluding hydrogens is 438 g/mol. The number of halogens is 1. The Balaban J connectivity index is 1.66. The van der Waals surface area contributed by atoms with Crippen LogP contribution in [0.4, 0.5) is 0 Å². The first-order valence-corrected chi connectivity index (χ1v) is 11.6. The monoisotopic (exact) mass is 467 g/mol. The normalized spacial score (nSPS) is 22.8. The zero-order valence-electron chi connectivity index (χ0n) is 18.7. The first-order chi connectivity index (χ1) is 15.9. The van der Waals surface area contributed by atoms with Crippen LogP contribution < -0.4 is 16.0 Å². The third kappa shape index (κ3) is 7.75. The van der Waals surface area contributed by atoms with Crippen molar-refractivity contribution in [1.82, 2.24) is 16.0 Å². The van der Waals surface area contributed by atoms with Gasteiger partial charge in [0.2, 0.25) is 17.7 Å². The molecule has 0 aliphatic carbocycles. The summed E-state index contributed by atoms with van der Waals surface area (Å²) >= 11 is 5.90. The Morgan fingerprint density at radius 2 is 1.70 bits per heavy atom. The smallest absolute Gasteiger partial charge is 0.224 e. The first kappa shape index (κ1) is 24.5. The Bertz CT molecular complexity index is 976. The molecule has 0 unspecified atom stereocenters. The van der Waals surface area contributed by atoms with Gasteiger partial charge in [-0.2, -0.15) is 0 Å². The van der Waals surface area contributed by atoms with E-state index in [4.69, 9.17) is 11.6 Å². The van der Waals surface area contributed by atoms with Crippen LogP contribution in [0.5, 0.6) is 0 Å². The Morgan fingerprint density at radius 3 is 2.42 bits per heavy atom. The van der Waals surface area contributed by atoms with E-state index in [9.17, 15) is 14.4 Å². The van der Waals surface area contributed by atoms with Crippen molar-refractivity contribution >= 4 is 29.3 Å². The van der Waals surface area contributed by atoms with E-state index in [1.165, 1.54) is 0 Å². The zero-order valence-corrected chi connectivity index (χ0v) is 19.5. The van der Waals surface area contributed by atoms with E-state index in [1.54, 1.807) is 12.1 Å². The molecule has 3 atom stereocenters. The molecular formula is C26H30ClN3O3. The molecule has 2 aromatic rings. The number of hydrogen-bond acceptors (Lipinski definition) is 3. The maximum atomic E-state index is 12.9. The molecule has 0 saturated carbocycles. The van der Waals surface area contributed by atoms with Gasteiger partial charge < -0.3 is 16.0 Å². The molecule has 0 aromatic heterocycles. The van der Waals surface area contributed by atoms with E-state index >= 15 is 0 Å². The second kappa shape index (κ2) is 12.2. The highest BCUT2D eigenvalue weighted by molar-refractivity contribution is 6.30. The van der Waals surface area contributed by atoms with Gasteiger partial charge in [0.05, 0.1) is 12.0 Å². The topological polar surface area (TPSA) is 87.3 Å². The molecule has 7 heteroatoms. The van der Waals surface area contributed by atoms with Crippen LogP contribution in [0, 0.1) is 11.8 Å². The second-order valence-corrected chi connectivity index (χ2v) is 8.80. The van der Waals surface area contributed by atoms with Gasteiger partial charge in [0, 0.05) is 30.5 Å². The van der Waals surface area contributed by atoms with Crippen molar-refractivity contribution in [3.8, 4) is 0 Å². The quantitative estimate of drug-likeness (QED) is 0.582. The summed E-state index contributed by atoms with van der Waals surface area (Å²) in [6.45, 7) is 2.52. The molecule has 3 amide bonds. The first-order valence-electron chi connectivity index (χ1n) is 11.2. The summed E-state index contributed by atoms with van der Waals surface area (Å²) in [5.41, 5.74) is 1.86. The molecule has 1 heterocycles. The van der Waals surface area contributed by atoms with Crippen LogP contribution in [0.2, 0.25) is 5.02 Å². The van der Waals surface area contributed by atoms with Crippen molar-refractivity contribution in [3.63, 3.8) is 0 Å². The Kier molecular flexibility index (Phi) is 9.07. The zero-order chi connectivity index (χ0) is 23.6. The molecule has 1 aliphatic rings. The molecule has 0 spiro atoms. The minimum absolute atomic E-state index is 0.0542. The predicted octanol–water partition coefficient (Wildman–Crippen LogP) is 3.92. The summed E-state index contributed by atoms with van der Waals surface area (Å²) in [7, 11) is 0. The Hall–Kier alpha value is -3.12. The van der Waals surface area contributed by atoms with Gasteiger partial charge in [-0.3, -0.25) is 14.4 Å². The number of rotatable bonds is 5. The highest BCUT2D eigenvalue weighted by Gasteiger charge is 2.24. The SMILES string of the molecule is C[C@@H]1C/C=C/C[C@@H](CC(=O)NCc2ccc(Cl)cc2)C(=O)NC[C@@H](c2ccccc2)NC1=O. The minimum Gasteiger partial charge on any atom is -0.353 e. The van der Waals surface area contributed by atoms with Crippen LogP contribution in [0.3, 0.4) is 0 Å². The van der Waals surface area contributed by atoms with Gasteiger partial charge >= 0.3 is 0 Å². The van der Waals surface area contributed by atoms with Gasteiger partial charge in [-0.25, -0.2) is 0 Å². The fourth-order valence-corrected chi connectivity index (χ4v) is 3.77. The Labute approximate surface area is 199 Å². The van der Waals surface area contributed by atoms with Gasteiger partial charge in [-0.05, 0) is 36.1 Å². The van der Waals surface area contributed by atoms with E-state index in [-0.39, 0.29) is 42.6 Å². The van der Waals surface area contributed by atoms with Crippen LogP contribution in [0.1, 0.15) is 43.4 Å². The molecule has 1 aliphatic heterocycles. The van der Waals surface area contributed by atoms with Crippen LogP contribution in [0.25, 0.3) is 0 Å². The van der Waals surface area contributed by atoms with Gasteiger partial charge in [0.15, 0.2) is 0 Å². The summed E-state index contributed by atoms with van der Waals surface area (Å²) < 4.78 is 0. The van der Waals surface area contributed by atoms with Crippen molar-refractivity contribution in [1.29, 1.82) is 0 Å². The lowest BCUT2D eigenvalue weighted by Crippen LogP contribution is -2.42. The molecule has 3 rings (SSSR count). The number of amides is 3. The lowest BCUT2D eigenvalue weighted by atomic mass is 9.96. The molecule has 33 heavy (non-hydrogen) atoms. The van der Waals surface area contributed by atoms with Crippen LogP contribution in [-0.2, 0) is 20.9 Å². The van der Waals surface area contributed by atoms with Crippen LogP contribution >= 0.6 is 11.6 Å². The number of allylic oxidation sites excluding steroid dienone is 2. The molecule has 174 valence electrons. The fourth-order valence-electron chi connectivity index (χ4n) is 3.65. The van der Waals surface area contributed by atoms with Crippen molar-refractivity contribution < 1.29 is 14.4 Å². The van der Waals surface area contributed by atoms with Crippen LogP contribution in [-0.4, -0.2) is 24.3 Å². The van der Waals surface area contributed by atoms with E-state index in [2.05, 4.69) is 16.0 Å². The molecule has 0 saturated heterocycles. The van der Waals surface area contributed by atoms with E-state index < -0.39 is 5.92 Å². The number of benzene rings is 2. The number of carbonyl (C=O) groups excluding carboxylic acids is 3. The summed E-state index contributed by atoms with van der Waals surface area (Å²) in [5, 5.41) is 9.50. The molecule has 0 bridgehead atoms. The number of hydrogen-bond donors (Lipinski definition) is 3. The third-order valence-electron chi connectivity index (χ3n) is 5.73.